The smallest absolute Gasteiger partial charge is 0.0679 e. The van der Waals surface area contributed by atoms with Crippen LogP contribution in [-0.2, 0) is 0 Å². The summed E-state index contributed by atoms with van der Waals surface area (Å²) in [6.45, 7) is 7.94. The van der Waals surface area contributed by atoms with Crippen molar-refractivity contribution in [2.45, 2.75) is 38.3 Å². The fraction of sp³-hybridized carbons (Fsp3) is 1.00. The van der Waals surface area contributed by atoms with Gasteiger partial charge in [0.2, 0.25) is 0 Å². The minimum absolute atomic E-state index is 0.0563. The second-order valence-corrected chi connectivity index (χ2v) is 4.60. The van der Waals surface area contributed by atoms with Gasteiger partial charge in [-0.1, -0.05) is 6.92 Å². The molecule has 1 N–H and O–H groups in total. The van der Waals surface area contributed by atoms with E-state index in [2.05, 4.69) is 16.7 Å². The second-order valence-electron chi connectivity index (χ2n) is 4.60. The van der Waals surface area contributed by atoms with Gasteiger partial charge >= 0.3 is 0 Å². The molecule has 2 rings (SSSR count). The van der Waals surface area contributed by atoms with Crippen molar-refractivity contribution in [1.29, 1.82) is 0 Å². The Labute approximate surface area is 86.7 Å². The number of hydrogen-bond donors (Lipinski definition) is 1. The van der Waals surface area contributed by atoms with Crippen LogP contribution in [-0.4, -0.2) is 59.8 Å². The molecule has 0 aromatic carbocycles. The summed E-state index contributed by atoms with van der Waals surface area (Å²) < 4.78 is 0. The van der Waals surface area contributed by atoms with Crippen LogP contribution < -0.4 is 0 Å². The molecule has 82 valence electrons. The van der Waals surface area contributed by atoms with E-state index in [1.54, 1.807) is 0 Å². The normalized spacial score (nSPS) is 32.6. The van der Waals surface area contributed by atoms with E-state index in [4.69, 9.17) is 0 Å². The summed E-state index contributed by atoms with van der Waals surface area (Å²) in [5, 5.41) is 9.48. The molecule has 14 heavy (non-hydrogen) atoms. The highest BCUT2D eigenvalue weighted by atomic mass is 16.3. The molecule has 0 saturated carbocycles. The third-order valence-electron chi connectivity index (χ3n) is 3.72. The van der Waals surface area contributed by atoms with Gasteiger partial charge in [0.1, 0.15) is 0 Å². The van der Waals surface area contributed by atoms with E-state index in [1.807, 2.05) is 0 Å². The topological polar surface area (TPSA) is 26.7 Å². The van der Waals surface area contributed by atoms with Crippen LogP contribution in [0.5, 0.6) is 0 Å². The summed E-state index contributed by atoms with van der Waals surface area (Å²) in [6, 6.07) is 0.745. The van der Waals surface area contributed by atoms with Crippen molar-refractivity contribution in [1.82, 2.24) is 9.80 Å². The lowest BCUT2D eigenvalue weighted by Gasteiger charge is -2.36. The van der Waals surface area contributed by atoms with Gasteiger partial charge in [0.25, 0.3) is 0 Å². The molecule has 2 saturated heterocycles. The Morgan fingerprint density at radius 2 is 1.86 bits per heavy atom. The lowest BCUT2D eigenvalue weighted by atomic mass is 10.0. The Kier molecular flexibility index (Phi) is 3.42. The SMILES string of the molecule is CCN1CCC(N2CC[C@H](O)C2)CC1. The molecule has 0 aromatic heterocycles. The predicted octanol–water partition coefficient (Wildman–Crippen LogP) is 0.537. The fourth-order valence-electron chi connectivity index (χ4n) is 2.70. The number of piperidine rings is 1. The molecule has 2 heterocycles. The highest BCUT2D eigenvalue weighted by molar-refractivity contribution is 4.84. The first-order valence-corrected chi connectivity index (χ1v) is 5.94. The Hall–Kier alpha value is -0.120. The summed E-state index contributed by atoms with van der Waals surface area (Å²) >= 11 is 0. The standard InChI is InChI=1S/C11H22N2O/c1-2-12-6-3-10(4-7-12)13-8-5-11(14)9-13/h10-11,14H,2-9H2,1H3/t11-/m0/s1. The molecule has 0 aliphatic carbocycles. The minimum Gasteiger partial charge on any atom is -0.392 e. The molecule has 0 aromatic rings. The summed E-state index contributed by atoms with van der Waals surface area (Å²) in [7, 11) is 0. The van der Waals surface area contributed by atoms with E-state index >= 15 is 0 Å². The summed E-state index contributed by atoms with van der Waals surface area (Å²) in [6.07, 6.45) is 3.51. The zero-order valence-electron chi connectivity index (χ0n) is 9.15. The van der Waals surface area contributed by atoms with Crippen LogP contribution in [0.25, 0.3) is 0 Å². The molecule has 2 aliphatic heterocycles. The highest BCUT2D eigenvalue weighted by Crippen LogP contribution is 2.20. The molecule has 0 amide bonds. The molecular formula is C11H22N2O. The number of β-amino-alcohol motifs (C(OH)–C–C–N with tert-alkyl or cyclic N) is 1. The van der Waals surface area contributed by atoms with Crippen molar-refractivity contribution < 1.29 is 5.11 Å². The monoisotopic (exact) mass is 198 g/mol. The van der Waals surface area contributed by atoms with Gasteiger partial charge in [-0.05, 0) is 38.9 Å². The van der Waals surface area contributed by atoms with E-state index in [9.17, 15) is 5.11 Å². The molecule has 0 radical (unpaired) electrons. The van der Waals surface area contributed by atoms with Crippen LogP contribution in [0.1, 0.15) is 26.2 Å². The third kappa shape index (κ3) is 2.27. The lowest BCUT2D eigenvalue weighted by Crippen LogP contribution is -2.44. The van der Waals surface area contributed by atoms with Crippen LogP contribution in [0.2, 0.25) is 0 Å². The van der Waals surface area contributed by atoms with E-state index < -0.39 is 0 Å². The quantitative estimate of drug-likeness (QED) is 0.701. The Morgan fingerprint density at radius 1 is 1.14 bits per heavy atom. The fourth-order valence-corrected chi connectivity index (χ4v) is 2.70. The van der Waals surface area contributed by atoms with Crippen LogP contribution in [0.3, 0.4) is 0 Å². The van der Waals surface area contributed by atoms with Gasteiger partial charge < -0.3 is 10.0 Å². The van der Waals surface area contributed by atoms with Gasteiger partial charge in [0.15, 0.2) is 0 Å². The Morgan fingerprint density at radius 3 is 2.36 bits per heavy atom. The van der Waals surface area contributed by atoms with Crippen LogP contribution in [0.4, 0.5) is 0 Å². The van der Waals surface area contributed by atoms with Gasteiger partial charge in [-0.25, -0.2) is 0 Å². The van der Waals surface area contributed by atoms with E-state index in [0.717, 1.165) is 25.6 Å². The second kappa shape index (κ2) is 4.60. The summed E-state index contributed by atoms with van der Waals surface area (Å²) in [5.74, 6) is 0. The maximum Gasteiger partial charge on any atom is 0.0679 e. The molecule has 3 heteroatoms. The number of aliphatic hydroxyl groups excluding tert-OH is 1. The average Bonchev–Trinajstić information content (AvgIpc) is 2.65. The largest absolute Gasteiger partial charge is 0.392 e. The maximum atomic E-state index is 9.48. The molecular weight excluding hydrogens is 176 g/mol. The third-order valence-corrected chi connectivity index (χ3v) is 3.72. The van der Waals surface area contributed by atoms with Gasteiger partial charge in [-0.15, -0.1) is 0 Å². The predicted molar refractivity (Wildman–Crippen MR) is 57.3 cm³/mol. The first-order valence-electron chi connectivity index (χ1n) is 5.94. The molecule has 3 nitrogen and oxygen atoms in total. The van der Waals surface area contributed by atoms with E-state index in [1.165, 1.54) is 32.5 Å². The number of rotatable bonds is 2. The highest BCUT2D eigenvalue weighted by Gasteiger charge is 2.29. The number of hydrogen-bond acceptors (Lipinski definition) is 3. The number of aliphatic hydroxyl groups is 1. The minimum atomic E-state index is -0.0563. The summed E-state index contributed by atoms with van der Waals surface area (Å²) in [4.78, 5) is 5.00. The van der Waals surface area contributed by atoms with Crippen molar-refractivity contribution in [2.24, 2.45) is 0 Å². The first-order chi connectivity index (χ1) is 6.79. The molecule has 1 atom stereocenters. The van der Waals surface area contributed by atoms with Gasteiger partial charge in [-0.3, -0.25) is 4.90 Å². The van der Waals surface area contributed by atoms with Crippen molar-refractivity contribution in [3.05, 3.63) is 0 Å². The molecule has 2 aliphatic rings. The number of likely N-dealkylation sites (tertiary alicyclic amines) is 2. The van der Waals surface area contributed by atoms with Crippen LogP contribution >= 0.6 is 0 Å². The van der Waals surface area contributed by atoms with Crippen molar-refractivity contribution in [3.63, 3.8) is 0 Å². The molecule has 0 spiro atoms. The van der Waals surface area contributed by atoms with Crippen molar-refractivity contribution in [3.8, 4) is 0 Å². The van der Waals surface area contributed by atoms with Crippen molar-refractivity contribution >= 4 is 0 Å². The van der Waals surface area contributed by atoms with Crippen LogP contribution in [0.15, 0.2) is 0 Å². The molecule has 0 bridgehead atoms. The Balaban J connectivity index is 1.78. The zero-order chi connectivity index (χ0) is 9.97. The van der Waals surface area contributed by atoms with Gasteiger partial charge in [-0.2, -0.15) is 0 Å². The average molecular weight is 198 g/mol. The van der Waals surface area contributed by atoms with Gasteiger partial charge in [0.05, 0.1) is 6.10 Å². The first kappa shape index (κ1) is 10.4. The van der Waals surface area contributed by atoms with Gasteiger partial charge in [0, 0.05) is 19.1 Å². The van der Waals surface area contributed by atoms with Crippen molar-refractivity contribution in [2.75, 3.05) is 32.7 Å². The zero-order valence-corrected chi connectivity index (χ0v) is 9.15. The van der Waals surface area contributed by atoms with E-state index in [0.29, 0.717) is 0 Å². The van der Waals surface area contributed by atoms with Crippen LogP contribution in [0, 0.1) is 0 Å². The maximum absolute atomic E-state index is 9.48. The lowest BCUT2D eigenvalue weighted by molar-refractivity contribution is 0.111. The molecule has 2 fully saturated rings. The van der Waals surface area contributed by atoms with E-state index in [-0.39, 0.29) is 6.10 Å². The number of nitrogens with zero attached hydrogens (tertiary/aromatic N) is 2. The molecule has 0 unspecified atom stereocenters. The summed E-state index contributed by atoms with van der Waals surface area (Å²) in [5.41, 5.74) is 0. The Bertz CT molecular complexity index is 178.